The van der Waals surface area contributed by atoms with Crippen LogP contribution < -0.4 is 19.5 Å². The summed E-state index contributed by atoms with van der Waals surface area (Å²) in [5.74, 6) is 0.430. The zero-order chi connectivity index (χ0) is 20.7. The van der Waals surface area contributed by atoms with Gasteiger partial charge in [0.05, 0.1) is 14.2 Å². The van der Waals surface area contributed by atoms with E-state index in [0.717, 1.165) is 0 Å². The molecule has 0 heterocycles. The zero-order valence-electron chi connectivity index (χ0n) is 16.5. The van der Waals surface area contributed by atoms with Crippen LogP contribution in [-0.4, -0.2) is 52.3 Å². The number of hydrogen-bond acceptors (Lipinski definition) is 5. The maximum absolute atomic E-state index is 13.1. The van der Waals surface area contributed by atoms with Crippen LogP contribution in [0.3, 0.4) is 0 Å². The Kier molecular flexibility index (Phi) is 7.40. The number of rotatable bonds is 9. The summed E-state index contributed by atoms with van der Waals surface area (Å²) >= 11 is 0. The molecule has 1 amide bonds. The van der Waals surface area contributed by atoms with E-state index in [0.29, 0.717) is 41.7 Å². The summed E-state index contributed by atoms with van der Waals surface area (Å²) in [6.45, 7) is 4.96. The first-order valence-corrected chi connectivity index (χ1v) is 8.66. The van der Waals surface area contributed by atoms with E-state index in [4.69, 9.17) is 14.2 Å². The lowest BCUT2D eigenvalue weighted by atomic mass is 10.0. The number of carbonyl (C=O) groups excluding carboxylic acids is 1. The molecule has 0 atom stereocenters. The number of benzene rings is 2. The topological polar surface area (TPSA) is 60.0 Å². The fourth-order valence-corrected chi connectivity index (χ4v) is 2.47. The molecule has 150 valence electrons. The van der Waals surface area contributed by atoms with Gasteiger partial charge in [0.1, 0.15) is 12.4 Å². The van der Waals surface area contributed by atoms with Crippen molar-refractivity contribution in [3.8, 4) is 17.2 Å². The van der Waals surface area contributed by atoms with Gasteiger partial charge in [-0.05, 0) is 50.5 Å². The van der Waals surface area contributed by atoms with Gasteiger partial charge in [-0.2, -0.15) is 0 Å². The highest BCUT2D eigenvalue weighted by Crippen LogP contribution is 2.42. The third-order valence-electron chi connectivity index (χ3n) is 3.99. The summed E-state index contributed by atoms with van der Waals surface area (Å²) in [5.41, 5.74) is 1.13. The lowest BCUT2D eigenvalue weighted by Gasteiger charge is -2.19. The van der Waals surface area contributed by atoms with Gasteiger partial charge in [-0.3, -0.25) is 4.79 Å². The van der Waals surface area contributed by atoms with E-state index in [1.165, 1.54) is 38.5 Å². The molecule has 0 bridgehead atoms. The molecular formula is C21H25FN2O4. The molecular weight excluding hydrogens is 363 g/mol. The van der Waals surface area contributed by atoms with Crippen LogP contribution in [0.1, 0.15) is 5.56 Å². The normalized spacial score (nSPS) is 10.5. The van der Waals surface area contributed by atoms with Gasteiger partial charge < -0.3 is 24.4 Å². The molecule has 0 spiro atoms. The van der Waals surface area contributed by atoms with Crippen LogP contribution in [0.15, 0.2) is 43.0 Å². The van der Waals surface area contributed by atoms with Crippen molar-refractivity contribution >= 4 is 17.2 Å². The second-order valence-corrected chi connectivity index (χ2v) is 6.27. The highest BCUT2D eigenvalue weighted by Gasteiger charge is 2.22. The molecule has 28 heavy (non-hydrogen) atoms. The van der Waals surface area contributed by atoms with Crippen molar-refractivity contribution in [1.29, 1.82) is 0 Å². The average molecular weight is 388 g/mol. The second kappa shape index (κ2) is 9.75. The van der Waals surface area contributed by atoms with Crippen LogP contribution in [0.2, 0.25) is 0 Å². The van der Waals surface area contributed by atoms with Gasteiger partial charge >= 0.3 is 0 Å². The fraction of sp³-hybridized carbons (Fsp3) is 0.286. The van der Waals surface area contributed by atoms with Gasteiger partial charge in [0.25, 0.3) is 5.91 Å². The van der Waals surface area contributed by atoms with E-state index in [1.807, 2.05) is 19.0 Å². The van der Waals surface area contributed by atoms with Gasteiger partial charge in [-0.15, -0.1) is 0 Å². The summed E-state index contributed by atoms with van der Waals surface area (Å²) in [7, 11) is 6.89. The average Bonchev–Trinajstić information content (AvgIpc) is 2.68. The number of nitrogens with one attached hydrogen (secondary N) is 1. The van der Waals surface area contributed by atoms with Crippen molar-refractivity contribution in [3.63, 3.8) is 0 Å². The molecule has 1 N–H and O–H groups in total. The van der Waals surface area contributed by atoms with Crippen LogP contribution in [0.5, 0.6) is 17.2 Å². The molecule has 0 aliphatic carbocycles. The van der Waals surface area contributed by atoms with E-state index < -0.39 is 5.91 Å². The highest BCUT2D eigenvalue weighted by molar-refractivity contribution is 6.25. The Morgan fingerprint density at radius 1 is 1.07 bits per heavy atom. The number of hydrogen-bond donors (Lipinski definition) is 1. The van der Waals surface area contributed by atoms with Gasteiger partial charge in [-0.25, -0.2) is 4.39 Å². The Morgan fingerprint density at radius 3 is 2.32 bits per heavy atom. The summed E-state index contributed by atoms with van der Waals surface area (Å²) in [6, 6.07) is 8.87. The molecule has 0 aromatic heterocycles. The lowest BCUT2D eigenvalue weighted by Crippen LogP contribution is -2.20. The molecule has 2 rings (SSSR count). The van der Waals surface area contributed by atoms with Crippen molar-refractivity contribution in [2.24, 2.45) is 0 Å². The largest absolute Gasteiger partial charge is 0.493 e. The number of ether oxygens (including phenoxy) is 3. The third-order valence-corrected chi connectivity index (χ3v) is 3.99. The molecule has 2 aromatic rings. The predicted molar refractivity (Wildman–Crippen MR) is 108 cm³/mol. The molecule has 6 nitrogen and oxygen atoms in total. The van der Waals surface area contributed by atoms with E-state index in [1.54, 1.807) is 12.1 Å². The first-order chi connectivity index (χ1) is 13.4. The van der Waals surface area contributed by atoms with Crippen molar-refractivity contribution < 1.29 is 23.4 Å². The molecule has 0 aliphatic heterocycles. The number of halogens is 1. The monoisotopic (exact) mass is 388 g/mol. The van der Waals surface area contributed by atoms with Crippen molar-refractivity contribution in [2.45, 2.75) is 0 Å². The molecule has 0 fully saturated rings. The number of methoxy groups -OCH3 is 2. The molecule has 0 saturated carbocycles. The van der Waals surface area contributed by atoms with E-state index >= 15 is 0 Å². The van der Waals surface area contributed by atoms with Gasteiger partial charge in [0.15, 0.2) is 11.5 Å². The summed E-state index contributed by atoms with van der Waals surface area (Å²) in [5, 5.41) is 2.69. The summed E-state index contributed by atoms with van der Waals surface area (Å²) in [6.07, 6.45) is 0. The molecule has 2 aromatic carbocycles. The number of amides is 1. The van der Waals surface area contributed by atoms with Crippen molar-refractivity contribution in [2.75, 3.05) is 46.8 Å². The van der Waals surface area contributed by atoms with Crippen LogP contribution >= 0.6 is 0 Å². The van der Waals surface area contributed by atoms with Crippen molar-refractivity contribution in [1.82, 2.24) is 4.90 Å². The zero-order valence-corrected chi connectivity index (χ0v) is 16.5. The molecule has 0 unspecified atom stereocenters. The second-order valence-electron chi connectivity index (χ2n) is 6.27. The SMILES string of the molecule is C=C(C(=O)Nc1ccc(F)cc1)c1ccc(OC)c(OC)c1OCCN(C)C. The number of anilines is 1. The predicted octanol–water partition coefficient (Wildman–Crippen LogP) is 3.44. The number of likely N-dealkylation sites (N-methyl/N-ethyl adjacent to an activating group) is 1. The van der Waals surface area contributed by atoms with Gasteiger partial charge in [0.2, 0.25) is 5.75 Å². The van der Waals surface area contributed by atoms with Gasteiger partial charge in [-0.1, -0.05) is 6.58 Å². The van der Waals surface area contributed by atoms with Crippen molar-refractivity contribution in [3.05, 3.63) is 54.4 Å². The van der Waals surface area contributed by atoms with Crippen LogP contribution in [0.25, 0.3) is 5.57 Å². The van der Waals surface area contributed by atoms with E-state index in [-0.39, 0.29) is 11.4 Å². The lowest BCUT2D eigenvalue weighted by molar-refractivity contribution is -0.111. The first kappa shape index (κ1) is 21.2. The summed E-state index contributed by atoms with van der Waals surface area (Å²) in [4.78, 5) is 14.6. The quantitative estimate of drug-likeness (QED) is 0.667. The van der Waals surface area contributed by atoms with E-state index in [9.17, 15) is 9.18 Å². The minimum absolute atomic E-state index is 0.185. The smallest absolute Gasteiger partial charge is 0.255 e. The Hall–Kier alpha value is -3.06. The molecule has 0 saturated heterocycles. The standard InChI is InChI=1S/C21H25FN2O4/c1-14(21(25)23-16-8-6-15(22)7-9-16)17-10-11-18(26-4)20(27-5)19(17)28-13-12-24(2)3/h6-11H,1,12-13H2,2-5H3,(H,23,25). The Bertz CT molecular complexity index is 835. The third kappa shape index (κ3) is 5.23. The summed E-state index contributed by atoms with van der Waals surface area (Å²) < 4.78 is 29.7. The molecule has 0 aliphatic rings. The molecule has 0 radical (unpaired) electrons. The van der Waals surface area contributed by atoms with Crippen LogP contribution in [0, 0.1) is 5.82 Å². The Morgan fingerprint density at radius 2 is 1.75 bits per heavy atom. The molecule has 7 heteroatoms. The number of carbonyl (C=O) groups is 1. The number of nitrogens with zero attached hydrogens (tertiary/aromatic N) is 1. The van der Waals surface area contributed by atoms with E-state index in [2.05, 4.69) is 11.9 Å². The minimum Gasteiger partial charge on any atom is -0.493 e. The minimum atomic E-state index is -0.434. The van der Waals surface area contributed by atoms with Gasteiger partial charge in [0, 0.05) is 23.4 Å². The maximum Gasteiger partial charge on any atom is 0.255 e. The highest BCUT2D eigenvalue weighted by atomic mass is 19.1. The fourth-order valence-electron chi connectivity index (χ4n) is 2.47. The Labute approximate surface area is 164 Å². The maximum atomic E-state index is 13.1. The van der Waals surface area contributed by atoms with Crippen LogP contribution in [0.4, 0.5) is 10.1 Å². The Balaban J connectivity index is 2.31. The first-order valence-electron chi connectivity index (χ1n) is 8.66. The van der Waals surface area contributed by atoms with Crippen LogP contribution in [-0.2, 0) is 4.79 Å².